The zero-order valence-corrected chi connectivity index (χ0v) is 32.2. The van der Waals surface area contributed by atoms with Crippen LogP contribution in [0.4, 0.5) is 0 Å². The Bertz CT molecular complexity index is 1120. The van der Waals surface area contributed by atoms with E-state index in [0.717, 1.165) is 77.0 Å². The first-order chi connectivity index (χ1) is 25.6. The minimum atomic E-state index is -1.04. The van der Waals surface area contributed by atoms with E-state index in [0.29, 0.717) is 12.8 Å². The molecule has 0 fully saturated rings. The van der Waals surface area contributed by atoms with Crippen molar-refractivity contribution < 1.29 is 24.2 Å². The third kappa shape index (κ3) is 40.2. The lowest BCUT2D eigenvalue weighted by atomic mass is 10.2. The van der Waals surface area contributed by atoms with E-state index in [9.17, 15) is 14.7 Å². The molecule has 0 bridgehead atoms. The van der Waals surface area contributed by atoms with E-state index in [1.807, 2.05) is 24.3 Å². The van der Waals surface area contributed by atoms with Crippen molar-refractivity contribution in [3.8, 4) is 0 Å². The number of esters is 2. The summed E-state index contributed by atoms with van der Waals surface area (Å²) >= 11 is 0. The molecular formula is C47H68O5. The van der Waals surface area contributed by atoms with Gasteiger partial charge in [0.2, 0.25) is 0 Å². The number of ether oxygens (including phenoxy) is 2. The molecule has 0 heterocycles. The number of hydrogen-bond donors (Lipinski definition) is 1. The number of aliphatic hydroxyl groups excluding tert-OH is 1. The van der Waals surface area contributed by atoms with Crippen LogP contribution in [0.3, 0.4) is 0 Å². The molecule has 0 saturated heterocycles. The van der Waals surface area contributed by atoms with Crippen LogP contribution in [-0.4, -0.2) is 36.4 Å². The molecule has 52 heavy (non-hydrogen) atoms. The molecule has 0 aliphatic carbocycles. The van der Waals surface area contributed by atoms with Crippen LogP contribution in [0.25, 0.3) is 0 Å². The lowest BCUT2D eigenvalue weighted by Gasteiger charge is -2.11. The molecule has 5 heteroatoms. The molecular weight excluding hydrogens is 645 g/mol. The summed E-state index contributed by atoms with van der Waals surface area (Å²) in [6, 6.07) is 0. The van der Waals surface area contributed by atoms with Gasteiger partial charge in [0.15, 0.2) is 0 Å². The first kappa shape index (κ1) is 47.8. The highest BCUT2D eigenvalue weighted by atomic mass is 16.6. The van der Waals surface area contributed by atoms with E-state index >= 15 is 0 Å². The maximum atomic E-state index is 11.9. The summed E-state index contributed by atoms with van der Waals surface area (Å²) in [4.78, 5) is 23.9. The topological polar surface area (TPSA) is 72.8 Å². The van der Waals surface area contributed by atoms with Gasteiger partial charge in [0, 0.05) is 12.8 Å². The van der Waals surface area contributed by atoms with E-state index in [2.05, 4.69) is 135 Å². The lowest BCUT2D eigenvalue weighted by molar-refractivity contribution is -0.152. The largest absolute Gasteiger partial charge is 0.463 e. The Hall–Kier alpha value is -4.22. The minimum absolute atomic E-state index is 0.191. The number of aliphatic hydroxyl groups is 1. The van der Waals surface area contributed by atoms with Crippen molar-refractivity contribution in [2.75, 3.05) is 13.2 Å². The molecule has 0 aromatic carbocycles. The smallest absolute Gasteiger partial charge is 0.306 e. The maximum absolute atomic E-state index is 11.9. The summed E-state index contributed by atoms with van der Waals surface area (Å²) < 4.78 is 10.2. The summed E-state index contributed by atoms with van der Waals surface area (Å²) in [5, 5.41) is 9.99. The standard InChI is InChI=1S/C47H68O5/c1-3-5-7-9-11-13-15-17-19-21-23-25-27-29-31-33-35-37-39-41-46(49)51-43-45(48)44-52-47(50)42-40-38-36-34-32-30-28-26-24-22-20-18-16-14-12-10-8-6-4-2/h5-8,11-14,17-20,23-26,29-32,35-38,45,48H,3-4,9-10,15-16,21-22,27-28,33-34,39-44H2,1-2H3/b7-5+,8-6+,13-11+,14-12+,19-17+,20-18+,25-23+,26-24+,31-29+,32-30+,37-35+,38-36+. The lowest BCUT2D eigenvalue weighted by Crippen LogP contribution is -2.25. The highest BCUT2D eigenvalue weighted by Crippen LogP contribution is 2.02. The Morgan fingerprint density at radius 3 is 0.827 bits per heavy atom. The van der Waals surface area contributed by atoms with E-state index < -0.39 is 6.10 Å². The summed E-state index contributed by atoms with van der Waals surface area (Å²) in [6.45, 7) is 3.91. The van der Waals surface area contributed by atoms with Gasteiger partial charge < -0.3 is 14.6 Å². The highest BCUT2D eigenvalue weighted by Gasteiger charge is 2.11. The van der Waals surface area contributed by atoms with Crippen LogP contribution in [0.2, 0.25) is 0 Å². The van der Waals surface area contributed by atoms with E-state index in [-0.39, 0.29) is 38.0 Å². The Balaban J connectivity index is 3.75. The zero-order valence-electron chi connectivity index (χ0n) is 32.2. The van der Waals surface area contributed by atoms with Gasteiger partial charge >= 0.3 is 11.9 Å². The maximum Gasteiger partial charge on any atom is 0.306 e. The van der Waals surface area contributed by atoms with Crippen LogP contribution >= 0.6 is 0 Å². The van der Waals surface area contributed by atoms with Gasteiger partial charge in [0.25, 0.3) is 0 Å². The van der Waals surface area contributed by atoms with Crippen LogP contribution in [-0.2, 0) is 19.1 Å². The predicted molar refractivity (Wildman–Crippen MR) is 223 cm³/mol. The van der Waals surface area contributed by atoms with Crippen LogP contribution < -0.4 is 0 Å². The fraction of sp³-hybridized carbons (Fsp3) is 0.447. The monoisotopic (exact) mass is 713 g/mol. The molecule has 0 aliphatic rings. The normalized spacial score (nSPS) is 13.3. The molecule has 1 N–H and O–H groups in total. The number of allylic oxidation sites excluding steroid dienone is 24. The third-order valence-electron chi connectivity index (χ3n) is 7.10. The summed E-state index contributed by atoms with van der Waals surface area (Å²) in [6.07, 6.45) is 63.5. The predicted octanol–water partition coefficient (Wildman–Crippen LogP) is 12.4. The summed E-state index contributed by atoms with van der Waals surface area (Å²) in [7, 11) is 0. The summed E-state index contributed by atoms with van der Waals surface area (Å²) in [5.41, 5.74) is 0. The molecule has 0 amide bonds. The molecule has 0 aliphatic heterocycles. The Morgan fingerprint density at radius 2 is 0.596 bits per heavy atom. The van der Waals surface area contributed by atoms with Crippen molar-refractivity contribution in [1.82, 2.24) is 0 Å². The van der Waals surface area contributed by atoms with Gasteiger partial charge in [0.1, 0.15) is 19.3 Å². The number of carbonyl (C=O) groups is 2. The molecule has 0 aromatic heterocycles. The second-order valence-electron chi connectivity index (χ2n) is 11.9. The van der Waals surface area contributed by atoms with Gasteiger partial charge in [-0.3, -0.25) is 9.59 Å². The Labute approximate surface area is 317 Å². The highest BCUT2D eigenvalue weighted by molar-refractivity contribution is 5.70. The van der Waals surface area contributed by atoms with Gasteiger partial charge in [-0.05, 0) is 89.9 Å². The Kier molecular flexibility index (Phi) is 37.9. The minimum Gasteiger partial charge on any atom is -0.463 e. The van der Waals surface area contributed by atoms with Gasteiger partial charge in [-0.15, -0.1) is 0 Å². The van der Waals surface area contributed by atoms with E-state index in [1.54, 1.807) is 0 Å². The van der Waals surface area contributed by atoms with Crippen molar-refractivity contribution in [1.29, 1.82) is 0 Å². The fourth-order valence-corrected chi connectivity index (χ4v) is 4.25. The zero-order chi connectivity index (χ0) is 37.8. The SMILES string of the molecule is CC/C=C/C/C=C/C/C=C/C/C=C/C/C=C/C/C=C/CCC(=O)OCC(O)COC(=O)CC/C=C/C/C=C/C/C=C/C/C=C/C/C=C/C/C=C/CC. The average molecular weight is 713 g/mol. The first-order valence-corrected chi connectivity index (χ1v) is 19.4. The van der Waals surface area contributed by atoms with Crippen molar-refractivity contribution in [2.24, 2.45) is 0 Å². The molecule has 0 unspecified atom stereocenters. The molecule has 286 valence electrons. The third-order valence-corrected chi connectivity index (χ3v) is 7.10. The molecule has 5 nitrogen and oxygen atoms in total. The molecule has 0 aromatic rings. The second-order valence-corrected chi connectivity index (χ2v) is 11.9. The van der Waals surface area contributed by atoms with Crippen LogP contribution in [0.15, 0.2) is 146 Å². The number of rotatable bonds is 32. The van der Waals surface area contributed by atoms with Crippen LogP contribution in [0.1, 0.15) is 117 Å². The van der Waals surface area contributed by atoms with E-state index in [1.165, 1.54) is 0 Å². The second kappa shape index (κ2) is 41.2. The van der Waals surface area contributed by atoms with Gasteiger partial charge in [-0.1, -0.05) is 160 Å². The van der Waals surface area contributed by atoms with Crippen molar-refractivity contribution in [3.05, 3.63) is 146 Å². The quantitative estimate of drug-likeness (QED) is 0.0555. The fourth-order valence-electron chi connectivity index (χ4n) is 4.25. The van der Waals surface area contributed by atoms with E-state index in [4.69, 9.17) is 9.47 Å². The molecule has 0 radical (unpaired) electrons. The molecule has 0 spiro atoms. The van der Waals surface area contributed by atoms with Crippen molar-refractivity contribution >= 4 is 11.9 Å². The van der Waals surface area contributed by atoms with Crippen molar-refractivity contribution in [2.45, 2.75) is 123 Å². The van der Waals surface area contributed by atoms with Gasteiger partial charge in [-0.25, -0.2) is 0 Å². The number of hydrogen-bond acceptors (Lipinski definition) is 5. The number of carbonyl (C=O) groups excluding carboxylic acids is 2. The first-order valence-electron chi connectivity index (χ1n) is 19.4. The summed E-state index contributed by atoms with van der Waals surface area (Å²) in [5.74, 6) is -0.773. The van der Waals surface area contributed by atoms with Gasteiger partial charge in [0.05, 0.1) is 0 Å². The van der Waals surface area contributed by atoms with Crippen LogP contribution in [0, 0.1) is 0 Å². The average Bonchev–Trinajstić information content (AvgIpc) is 3.15. The molecule has 0 rings (SSSR count). The molecule has 0 atom stereocenters. The van der Waals surface area contributed by atoms with Crippen molar-refractivity contribution in [3.63, 3.8) is 0 Å². The van der Waals surface area contributed by atoms with Crippen LogP contribution in [0.5, 0.6) is 0 Å². The van der Waals surface area contributed by atoms with Gasteiger partial charge in [-0.2, -0.15) is 0 Å². The Morgan fingerprint density at radius 1 is 0.385 bits per heavy atom. The molecule has 0 saturated carbocycles.